The molecule has 0 aliphatic carbocycles. The lowest BCUT2D eigenvalue weighted by atomic mass is 9.83. The summed E-state index contributed by atoms with van der Waals surface area (Å²) in [7, 11) is 0. The SMILES string of the molecule is c1ccc(CNC2CCC(C(c3ccccc3)c3ccccc3)OC2)cc1. The molecule has 0 amide bonds. The number of rotatable bonds is 6. The van der Waals surface area contributed by atoms with Crippen LogP contribution in [0.1, 0.15) is 35.4 Å². The Hall–Kier alpha value is -2.42. The lowest BCUT2D eigenvalue weighted by Gasteiger charge is -2.35. The summed E-state index contributed by atoms with van der Waals surface area (Å²) >= 11 is 0. The molecule has 1 aliphatic rings. The molecule has 1 aliphatic heterocycles. The van der Waals surface area contributed by atoms with Gasteiger partial charge in [0.15, 0.2) is 0 Å². The lowest BCUT2D eigenvalue weighted by molar-refractivity contribution is -0.0116. The minimum Gasteiger partial charge on any atom is -0.376 e. The molecular weight excluding hydrogens is 330 g/mol. The van der Waals surface area contributed by atoms with Crippen LogP contribution in [-0.2, 0) is 11.3 Å². The Labute approximate surface area is 162 Å². The van der Waals surface area contributed by atoms with Crippen LogP contribution >= 0.6 is 0 Å². The van der Waals surface area contributed by atoms with Crippen LogP contribution in [0, 0.1) is 0 Å². The molecule has 0 bridgehead atoms. The standard InChI is InChI=1S/C25H27NO/c1-4-10-20(11-5-1)18-26-23-16-17-24(27-19-23)25(21-12-6-2-7-13-21)22-14-8-3-9-15-22/h1-15,23-26H,16-19H2. The predicted octanol–water partition coefficient (Wildman–Crippen LogP) is 5.16. The third-order valence-electron chi connectivity index (χ3n) is 5.44. The van der Waals surface area contributed by atoms with Crippen LogP contribution in [0.4, 0.5) is 0 Å². The van der Waals surface area contributed by atoms with Gasteiger partial charge in [0.05, 0.1) is 12.7 Å². The van der Waals surface area contributed by atoms with E-state index in [1.807, 2.05) is 0 Å². The van der Waals surface area contributed by atoms with Gasteiger partial charge in [-0.3, -0.25) is 0 Å². The van der Waals surface area contributed by atoms with Gasteiger partial charge in [0.25, 0.3) is 0 Å². The molecule has 1 fully saturated rings. The first-order chi connectivity index (χ1) is 13.4. The smallest absolute Gasteiger partial charge is 0.0685 e. The van der Waals surface area contributed by atoms with Crippen molar-refractivity contribution < 1.29 is 4.74 Å². The summed E-state index contributed by atoms with van der Waals surface area (Å²) in [5, 5.41) is 3.65. The molecule has 2 atom stereocenters. The highest BCUT2D eigenvalue weighted by Gasteiger charge is 2.30. The molecule has 1 saturated heterocycles. The maximum Gasteiger partial charge on any atom is 0.0685 e. The molecular formula is C25H27NO. The van der Waals surface area contributed by atoms with Crippen LogP contribution in [0.25, 0.3) is 0 Å². The lowest BCUT2D eigenvalue weighted by Crippen LogP contribution is -2.41. The molecule has 0 aromatic heterocycles. The molecule has 4 rings (SSSR count). The third kappa shape index (κ3) is 4.65. The molecule has 3 aromatic rings. The van der Waals surface area contributed by atoms with Gasteiger partial charge < -0.3 is 10.1 Å². The molecule has 27 heavy (non-hydrogen) atoms. The number of hydrogen-bond donors (Lipinski definition) is 1. The summed E-state index contributed by atoms with van der Waals surface area (Å²) in [5.74, 6) is 0.294. The Morgan fingerprint density at radius 1 is 0.741 bits per heavy atom. The minimum atomic E-state index is 0.226. The molecule has 2 unspecified atom stereocenters. The van der Waals surface area contributed by atoms with E-state index in [2.05, 4.69) is 96.3 Å². The van der Waals surface area contributed by atoms with Crippen molar-refractivity contribution in [3.63, 3.8) is 0 Å². The van der Waals surface area contributed by atoms with Gasteiger partial charge in [-0.2, -0.15) is 0 Å². The zero-order valence-corrected chi connectivity index (χ0v) is 15.6. The largest absolute Gasteiger partial charge is 0.376 e. The zero-order chi connectivity index (χ0) is 18.3. The Bertz CT molecular complexity index is 756. The second-order valence-corrected chi connectivity index (χ2v) is 7.31. The second kappa shape index (κ2) is 8.98. The molecule has 138 valence electrons. The Kier molecular flexibility index (Phi) is 5.98. The van der Waals surface area contributed by atoms with Crippen LogP contribution in [0.3, 0.4) is 0 Å². The summed E-state index contributed by atoms with van der Waals surface area (Å²) in [6, 6.07) is 32.5. The van der Waals surface area contributed by atoms with Crippen molar-refractivity contribution in [2.45, 2.75) is 37.5 Å². The van der Waals surface area contributed by atoms with Crippen molar-refractivity contribution in [1.82, 2.24) is 5.32 Å². The first-order valence-corrected chi connectivity index (χ1v) is 9.89. The van der Waals surface area contributed by atoms with Gasteiger partial charge in [-0.05, 0) is 29.5 Å². The van der Waals surface area contributed by atoms with Crippen molar-refractivity contribution >= 4 is 0 Å². The highest BCUT2D eigenvalue weighted by molar-refractivity contribution is 5.34. The maximum absolute atomic E-state index is 6.39. The molecule has 3 aromatic carbocycles. The monoisotopic (exact) mass is 357 g/mol. The van der Waals surface area contributed by atoms with Crippen molar-refractivity contribution in [3.05, 3.63) is 108 Å². The van der Waals surface area contributed by atoms with E-state index in [0.717, 1.165) is 26.0 Å². The summed E-state index contributed by atoms with van der Waals surface area (Å²) < 4.78 is 6.39. The van der Waals surface area contributed by atoms with Gasteiger partial charge >= 0.3 is 0 Å². The Morgan fingerprint density at radius 2 is 1.30 bits per heavy atom. The van der Waals surface area contributed by atoms with Gasteiger partial charge in [-0.25, -0.2) is 0 Å². The molecule has 0 radical (unpaired) electrons. The van der Waals surface area contributed by atoms with Crippen LogP contribution in [0.2, 0.25) is 0 Å². The first-order valence-electron chi connectivity index (χ1n) is 9.89. The van der Waals surface area contributed by atoms with E-state index in [4.69, 9.17) is 4.74 Å². The Morgan fingerprint density at radius 3 is 1.81 bits per heavy atom. The molecule has 2 heteroatoms. The Balaban J connectivity index is 1.41. The quantitative estimate of drug-likeness (QED) is 0.658. The molecule has 0 saturated carbocycles. The van der Waals surface area contributed by atoms with Crippen LogP contribution in [0.5, 0.6) is 0 Å². The summed E-state index contributed by atoms with van der Waals surface area (Å²) in [4.78, 5) is 0. The maximum atomic E-state index is 6.39. The highest BCUT2D eigenvalue weighted by atomic mass is 16.5. The molecule has 1 heterocycles. The third-order valence-corrected chi connectivity index (χ3v) is 5.44. The summed E-state index contributed by atoms with van der Waals surface area (Å²) in [5.41, 5.74) is 4.00. The second-order valence-electron chi connectivity index (χ2n) is 7.31. The van der Waals surface area contributed by atoms with E-state index < -0.39 is 0 Å². The molecule has 2 nitrogen and oxygen atoms in total. The van der Waals surface area contributed by atoms with E-state index in [1.54, 1.807) is 0 Å². The van der Waals surface area contributed by atoms with Gasteiger partial charge in [0, 0.05) is 18.5 Å². The summed E-state index contributed by atoms with van der Waals surface area (Å²) in [6.07, 6.45) is 2.44. The fourth-order valence-electron chi connectivity index (χ4n) is 4.00. The van der Waals surface area contributed by atoms with Gasteiger partial charge in [-0.1, -0.05) is 91.0 Å². The van der Waals surface area contributed by atoms with Gasteiger partial charge in [0.2, 0.25) is 0 Å². The summed E-state index contributed by atoms with van der Waals surface area (Å²) in [6.45, 7) is 1.67. The number of benzene rings is 3. The van der Waals surface area contributed by atoms with Crippen LogP contribution in [0.15, 0.2) is 91.0 Å². The fourth-order valence-corrected chi connectivity index (χ4v) is 4.00. The predicted molar refractivity (Wildman–Crippen MR) is 111 cm³/mol. The number of ether oxygens (including phenoxy) is 1. The van der Waals surface area contributed by atoms with Crippen molar-refractivity contribution in [2.24, 2.45) is 0 Å². The van der Waals surface area contributed by atoms with Crippen LogP contribution in [-0.4, -0.2) is 18.8 Å². The van der Waals surface area contributed by atoms with E-state index in [1.165, 1.54) is 16.7 Å². The normalized spacial score (nSPS) is 19.9. The molecule has 0 spiro atoms. The molecule has 1 N–H and O–H groups in total. The van der Waals surface area contributed by atoms with Gasteiger partial charge in [-0.15, -0.1) is 0 Å². The van der Waals surface area contributed by atoms with Crippen molar-refractivity contribution in [3.8, 4) is 0 Å². The average Bonchev–Trinajstić information content (AvgIpc) is 2.76. The zero-order valence-electron chi connectivity index (χ0n) is 15.6. The number of hydrogen-bond acceptors (Lipinski definition) is 2. The van der Waals surface area contributed by atoms with E-state index in [0.29, 0.717) is 12.0 Å². The van der Waals surface area contributed by atoms with Crippen molar-refractivity contribution in [1.29, 1.82) is 0 Å². The van der Waals surface area contributed by atoms with E-state index in [-0.39, 0.29) is 6.10 Å². The topological polar surface area (TPSA) is 21.3 Å². The fraction of sp³-hybridized carbons (Fsp3) is 0.280. The number of nitrogens with one attached hydrogen (secondary N) is 1. The first kappa shape index (κ1) is 18.0. The van der Waals surface area contributed by atoms with E-state index in [9.17, 15) is 0 Å². The highest BCUT2D eigenvalue weighted by Crippen LogP contribution is 2.34. The van der Waals surface area contributed by atoms with E-state index >= 15 is 0 Å². The van der Waals surface area contributed by atoms with Gasteiger partial charge in [0.1, 0.15) is 0 Å². The minimum absolute atomic E-state index is 0.226. The van der Waals surface area contributed by atoms with Crippen LogP contribution < -0.4 is 5.32 Å². The van der Waals surface area contributed by atoms with Crippen molar-refractivity contribution in [2.75, 3.05) is 6.61 Å². The average molecular weight is 357 g/mol.